The first kappa shape index (κ1) is 18.7. The fraction of sp³-hybridized carbons (Fsp3) is 0.650. The van der Waals surface area contributed by atoms with Crippen molar-refractivity contribution in [1.82, 2.24) is 15.6 Å². The van der Waals surface area contributed by atoms with E-state index in [1.807, 2.05) is 19.9 Å². The lowest BCUT2D eigenvalue weighted by atomic mass is 10.0. The van der Waals surface area contributed by atoms with E-state index < -0.39 is 6.04 Å². The maximum atomic E-state index is 12.6. The third kappa shape index (κ3) is 4.96. The molecule has 1 aromatic rings. The largest absolute Gasteiger partial charge is 0.477 e. The second-order valence-corrected chi connectivity index (χ2v) is 7.89. The first-order valence-electron chi connectivity index (χ1n) is 9.64. The van der Waals surface area contributed by atoms with Crippen LogP contribution < -0.4 is 15.4 Å². The van der Waals surface area contributed by atoms with Crippen LogP contribution in [-0.4, -0.2) is 36.5 Å². The number of hydrogen-bond donors (Lipinski definition) is 2. The predicted molar refractivity (Wildman–Crippen MR) is 99.2 cm³/mol. The van der Waals surface area contributed by atoms with Crippen LogP contribution in [0.2, 0.25) is 0 Å². The molecule has 1 heterocycles. The first-order chi connectivity index (χ1) is 12.5. The van der Waals surface area contributed by atoms with Gasteiger partial charge in [0.25, 0.3) is 5.91 Å². The number of carbonyl (C=O) groups excluding carboxylic acids is 2. The average Bonchev–Trinajstić information content (AvgIpc) is 3.51. The van der Waals surface area contributed by atoms with Crippen molar-refractivity contribution in [2.75, 3.05) is 13.7 Å². The highest BCUT2D eigenvalue weighted by Gasteiger charge is 2.30. The second-order valence-electron chi connectivity index (χ2n) is 7.89. The molecular formula is C20H29N3O3. The van der Waals surface area contributed by atoms with Crippen LogP contribution in [0.1, 0.15) is 67.9 Å². The van der Waals surface area contributed by atoms with Gasteiger partial charge in [-0.05, 0) is 55.9 Å². The van der Waals surface area contributed by atoms with Gasteiger partial charge in [0, 0.05) is 12.6 Å². The monoisotopic (exact) mass is 359 g/mol. The average molecular weight is 359 g/mol. The number of rotatable bonds is 9. The predicted octanol–water partition coefficient (Wildman–Crippen LogP) is 2.64. The van der Waals surface area contributed by atoms with Crippen molar-refractivity contribution in [3.05, 3.63) is 23.4 Å². The van der Waals surface area contributed by atoms with Crippen LogP contribution in [0, 0.1) is 11.8 Å². The van der Waals surface area contributed by atoms with E-state index in [-0.39, 0.29) is 11.8 Å². The topological polar surface area (TPSA) is 80.3 Å². The first-order valence-corrected chi connectivity index (χ1v) is 9.64. The van der Waals surface area contributed by atoms with Gasteiger partial charge in [0.05, 0.1) is 6.61 Å². The molecule has 6 nitrogen and oxygen atoms in total. The lowest BCUT2D eigenvalue weighted by molar-refractivity contribution is -0.122. The van der Waals surface area contributed by atoms with E-state index in [0.29, 0.717) is 42.4 Å². The minimum Gasteiger partial charge on any atom is -0.477 e. The second kappa shape index (κ2) is 8.06. The van der Waals surface area contributed by atoms with Crippen LogP contribution in [-0.2, 0) is 4.79 Å². The highest BCUT2D eigenvalue weighted by atomic mass is 16.5. The number of carbonyl (C=O) groups is 2. The minimum absolute atomic E-state index is 0.188. The van der Waals surface area contributed by atoms with Gasteiger partial charge in [-0.1, -0.05) is 19.9 Å². The van der Waals surface area contributed by atoms with Crippen LogP contribution in [0.3, 0.4) is 0 Å². The number of amides is 2. The van der Waals surface area contributed by atoms with Crippen molar-refractivity contribution < 1.29 is 14.3 Å². The van der Waals surface area contributed by atoms with Gasteiger partial charge in [-0.3, -0.25) is 9.59 Å². The SMILES string of the molecule is CNC(=O)C(CC(C)C)NC(=O)c1ccc(C2CC2)c(OCC2CC2)n1. The van der Waals surface area contributed by atoms with Crippen molar-refractivity contribution in [3.8, 4) is 5.88 Å². The van der Waals surface area contributed by atoms with Gasteiger partial charge in [-0.25, -0.2) is 4.98 Å². The summed E-state index contributed by atoms with van der Waals surface area (Å²) in [6, 6.07) is 3.14. The van der Waals surface area contributed by atoms with E-state index in [9.17, 15) is 9.59 Å². The Kier molecular flexibility index (Phi) is 5.79. The van der Waals surface area contributed by atoms with Crippen molar-refractivity contribution in [2.24, 2.45) is 11.8 Å². The molecule has 2 amide bonds. The van der Waals surface area contributed by atoms with Crippen LogP contribution >= 0.6 is 0 Å². The van der Waals surface area contributed by atoms with Gasteiger partial charge >= 0.3 is 0 Å². The molecule has 0 aromatic carbocycles. The van der Waals surface area contributed by atoms with E-state index >= 15 is 0 Å². The summed E-state index contributed by atoms with van der Waals surface area (Å²) in [5.41, 5.74) is 1.41. The Bertz CT molecular complexity index is 666. The van der Waals surface area contributed by atoms with Gasteiger partial charge in [-0.15, -0.1) is 0 Å². The summed E-state index contributed by atoms with van der Waals surface area (Å²) in [4.78, 5) is 29.2. The van der Waals surface area contributed by atoms with E-state index in [1.54, 1.807) is 13.1 Å². The summed E-state index contributed by atoms with van der Waals surface area (Å²) in [7, 11) is 1.58. The van der Waals surface area contributed by atoms with E-state index in [2.05, 4.69) is 15.6 Å². The molecular weight excluding hydrogens is 330 g/mol. The molecule has 0 radical (unpaired) electrons. The number of likely N-dealkylation sites (N-methyl/N-ethyl adjacent to an activating group) is 1. The van der Waals surface area contributed by atoms with Gasteiger partial charge in [0.15, 0.2) is 0 Å². The fourth-order valence-electron chi connectivity index (χ4n) is 2.99. The smallest absolute Gasteiger partial charge is 0.270 e. The summed E-state index contributed by atoms with van der Waals surface area (Å²) in [6.07, 6.45) is 5.31. The van der Waals surface area contributed by atoms with Crippen molar-refractivity contribution in [3.63, 3.8) is 0 Å². The minimum atomic E-state index is -0.562. The summed E-state index contributed by atoms with van der Waals surface area (Å²) >= 11 is 0. The van der Waals surface area contributed by atoms with Crippen molar-refractivity contribution >= 4 is 11.8 Å². The quantitative estimate of drug-likeness (QED) is 0.710. The number of nitrogens with one attached hydrogen (secondary N) is 2. The molecule has 3 rings (SSSR count). The van der Waals surface area contributed by atoms with Crippen LogP contribution in [0.5, 0.6) is 5.88 Å². The highest BCUT2D eigenvalue weighted by molar-refractivity contribution is 5.96. The number of pyridine rings is 1. The maximum Gasteiger partial charge on any atom is 0.270 e. The third-order valence-corrected chi connectivity index (χ3v) is 4.87. The Morgan fingerprint density at radius 3 is 2.54 bits per heavy atom. The zero-order chi connectivity index (χ0) is 18.7. The lowest BCUT2D eigenvalue weighted by Crippen LogP contribution is -2.46. The van der Waals surface area contributed by atoms with Crippen molar-refractivity contribution in [2.45, 2.75) is 57.9 Å². The normalized spacial score (nSPS) is 17.7. The molecule has 26 heavy (non-hydrogen) atoms. The van der Waals surface area contributed by atoms with Crippen molar-refractivity contribution in [1.29, 1.82) is 0 Å². The van der Waals surface area contributed by atoms with E-state index in [4.69, 9.17) is 4.74 Å². The van der Waals surface area contributed by atoms with Crippen LogP contribution in [0.25, 0.3) is 0 Å². The molecule has 0 saturated heterocycles. The molecule has 1 atom stereocenters. The summed E-state index contributed by atoms with van der Waals surface area (Å²) in [5, 5.41) is 5.43. The molecule has 2 N–H and O–H groups in total. The Balaban J connectivity index is 1.72. The van der Waals surface area contributed by atoms with E-state index in [0.717, 1.165) is 18.4 Å². The van der Waals surface area contributed by atoms with Gasteiger partial charge < -0.3 is 15.4 Å². The molecule has 0 spiro atoms. The summed E-state index contributed by atoms with van der Waals surface area (Å²) in [5.74, 6) is 1.50. The molecule has 2 saturated carbocycles. The fourth-order valence-corrected chi connectivity index (χ4v) is 2.99. The zero-order valence-electron chi connectivity index (χ0n) is 15.9. The Morgan fingerprint density at radius 1 is 1.23 bits per heavy atom. The number of aromatic nitrogens is 1. The number of ether oxygens (including phenoxy) is 1. The zero-order valence-corrected chi connectivity index (χ0v) is 15.9. The Morgan fingerprint density at radius 2 is 1.96 bits per heavy atom. The maximum absolute atomic E-state index is 12.6. The third-order valence-electron chi connectivity index (χ3n) is 4.87. The Labute approximate surface area is 155 Å². The van der Waals surface area contributed by atoms with E-state index in [1.165, 1.54) is 12.8 Å². The molecule has 6 heteroatoms. The van der Waals surface area contributed by atoms with Gasteiger partial charge in [0.2, 0.25) is 11.8 Å². The Hall–Kier alpha value is -2.11. The van der Waals surface area contributed by atoms with Gasteiger partial charge in [0.1, 0.15) is 11.7 Å². The standard InChI is InChI=1S/C20H29N3O3/c1-12(2)10-17(18(24)21-3)22-19(25)16-9-8-15(14-6-7-14)20(23-16)26-11-13-4-5-13/h8-9,12-14,17H,4-7,10-11H2,1-3H3,(H,21,24)(H,22,25). The van der Waals surface area contributed by atoms with Crippen LogP contribution in [0.4, 0.5) is 0 Å². The summed E-state index contributed by atoms with van der Waals surface area (Å²) < 4.78 is 5.92. The lowest BCUT2D eigenvalue weighted by Gasteiger charge is -2.19. The molecule has 2 aliphatic carbocycles. The molecule has 0 bridgehead atoms. The molecule has 142 valence electrons. The number of nitrogens with zero attached hydrogens (tertiary/aromatic N) is 1. The molecule has 2 fully saturated rings. The van der Waals surface area contributed by atoms with Gasteiger partial charge in [-0.2, -0.15) is 0 Å². The molecule has 1 unspecified atom stereocenters. The molecule has 1 aromatic heterocycles. The van der Waals surface area contributed by atoms with Crippen LogP contribution in [0.15, 0.2) is 12.1 Å². The number of hydrogen-bond acceptors (Lipinski definition) is 4. The molecule has 2 aliphatic rings. The summed E-state index contributed by atoms with van der Waals surface area (Å²) in [6.45, 7) is 4.72. The molecule has 0 aliphatic heterocycles. The highest BCUT2D eigenvalue weighted by Crippen LogP contribution is 2.44.